The second-order valence-corrected chi connectivity index (χ2v) is 11.4. The van der Waals surface area contributed by atoms with E-state index in [4.69, 9.17) is 16.6 Å². The van der Waals surface area contributed by atoms with Gasteiger partial charge in [-0.05, 0) is 34.6 Å². The molecule has 0 spiro atoms. The van der Waals surface area contributed by atoms with Crippen LogP contribution in [0.5, 0.6) is 0 Å². The number of ketones is 1. The average Bonchev–Trinajstić information content (AvgIpc) is 2.97. The van der Waals surface area contributed by atoms with Gasteiger partial charge >= 0.3 is 6.09 Å². The van der Waals surface area contributed by atoms with E-state index in [1.807, 2.05) is 36.4 Å². The molecule has 0 aromatic heterocycles. The molecule has 0 aliphatic rings. The van der Waals surface area contributed by atoms with E-state index in [1.54, 1.807) is 33.8 Å². The fraction of sp³-hybridized carbons (Fsp3) is 0.452. The van der Waals surface area contributed by atoms with E-state index in [0.717, 1.165) is 10.8 Å². The third kappa shape index (κ3) is 11.2. The molecule has 0 saturated carbocycles. The number of hydrogen-bond donors (Lipinski definition) is 7. The number of Topliss-reactive ketones (excluding diaryl/α,β-unsaturated/α-hetero) is 1. The summed E-state index contributed by atoms with van der Waals surface area (Å²) in [4.78, 5) is 87.8. The lowest BCUT2D eigenvalue weighted by atomic mass is 9.93. The topological polar surface area (TPSA) is 240 Å². The van der Waals surface area contributed by atoms with Crippen molar-refractivity contribution in [3.63, 3.8) is 0 Å². The number of carboxylic acid groups (broad SMARTS) is 1. The maximum atomic E-state index is 13.3. The SMILES string of the molecule is CCC(C)C(NC(=O)C(CC(C)C)NC(=O)O)C(=O)C(=O)NC(CC(N)=O)C(=O)NC(Cc1ccc2ccccc2c1)C(N)=O. The predicted octanol–water partition coefficient (Wildman–Crippen LogP) is 0.495. The first kappa shape index (κ1) is 36.2. The van der Waals surface area contributed by atoms with E-state index < -0.39 is 77.9 Å². The van der Waals surface area contributed by atoms with Crippen LogP contribution in [0.4, 0.5) is 4.79 Å². The molecule has 0 radical (unpaired) electrons. The molecule has 2 rings (SSSR count). The zero-order valence-electron chi connectivity index (χ0n) is 25.8. The summed E-state index contributed by atoms with van der Waals surface area (Å²) in [5, 5.41) is 20.2. The highest BCUT2D eigenvalue weighted by Gasteiger charge is 2.36. The van der Waals surface area contributed by atoms with Gasteiger partial charge in [-0.3, -0.25) is 28.8 Å². The highest BCUT2D eigenvalue weighted by atomic mass is 16.4. The third-order valence-corrected chi connectivity index (χ3v) is 7.28. The number of carbonyl (C=O) groups excluding carboxylic acids is 6. The normalized spacial score (nSPS) is 14.3. The summed E-state index contributed by atoms with van der Waals surface area (Å²) in [5.41, 5.74) is 11.5. The summed E-state index contributed by atoms with van der Waals surface area (Å²) in [6, 6.07) is 7.55. The van der Waals surface area contributed by atoms with Crippen molar-refractivity contribution in [1.29, 1.82) is 0 Å². The first-order valence-corrected chi connectivity index (χ1v) is 14.6. The standard InChI is InChI=1S/C31H42N6O8/c1-5-17(4)25(37-29(42)22(12-16(2)3)36-31(44)45)26(39)30(43)35-23(15-24(32)38)28(41)34-21(27(33)40)14-18-10-11-19-8-6-7-9-20(19)13-18/h6-11,13,16-17,21-23,25,36H,5,12,14-15H2,1-4H3,(H2,32,38)(H2,33,40)(H,34,41)(H,35,43)(H,37,42)(H,44,45). The van der Waals surface area contributed by atoms with Gasteiger partial charge in [0.2, 0.25) is 29.4 Å². The molecule has 45 heavy (non-hydrogen) atoms. The number of fused-ring (bicyclic) bond motifs is 1. The number of primary amides is 2. The Bertz CT molecular complexity index is 1430. The molecule has 2 aromatic rings. The van der Waals surface area contributed by atoms with Crippen LogP contribution in [-0.2, 0) is 35.2 Å². The van der Waals surface area contributed by atoms with Crippen molar-refractivity contribution in [1.82, 2.24) is 21.3 Å². The van der Waals surface area contributed by atoms with Crippen LogP contribution in [0.1, 0.15) is 52.5 Å². The molecule has 14 nitrogen and oxygen atoms in total. The summed E-state index contributed by atoms with van der Waals surface area (Å²) in [7, 11) is 0. The molecular weight excluding hydrogens is 584 g/mol. The number of amides is 6. The highest BCUT2D eigenvalue weighted by molar-refractivity contribution is 6.39. The van der Waals surface area contributed by atoms with Crippen molar-refractivity contribution in [2.75, 3.05) is 0 Å². The van der Waals surface area contributed by atoms with Crippen LogP contribution in [-0.4, -0.2) is 70.7 Å². The molecule has 0 bridgehead atoms. The number of carbonyl (C=O) groups is 7. The van der Waals surface area contributed by atoms with Gasteiger partial charge < -0.3 is 37.8 Å². The third-order valence-electron chi connectivity index (χ3n) is 7.28. The zero-order chi connectivity index (χ0) is 33.8. The van der Waals surface area contributed by atoms with Gasteiger partial charge in [-0.1, -0.05) is 76.6 Å². The summed E-state index contributed by atoms with van der Waals surface area (Å²) in [5.74, 6) is -6.69. The molecule has 0 saturated heterocycles. The number of rotatable bonds is 17. The minimum atomic E-state index is -1.65. The number of hydrogen-bond acceptors (Lipinski definition) is 7. The molecular formula is C31H42N6O8. The highest BCUT2D eigenvalue weighted by Crippen LogP contribution is 2.17. The van der Waals surface area contributed by atoms with Gasteiger partial charge in [0.25, 0.3) is 5.91 Å². The summed E-state index contributed by atoms with van der Waals surface area (Å²) >= 11 is 0. The van der Waals surface area contributed by atoms with E-state index >= 15 is 0 Å². The lowest BCUT2D eigenvalue weighted by Gasteiger charge is -2.27. The lowest BCUT2D eigenvalue weighted by Crippen LogP contribution is -2.59. The average molecular weight is 627 g/mol. The lowest BCUT2D eigenvalue weighted by molar-refractivity contribution is -0.143. The second kappa shape index (κ2) is 16.7. The van der Waals surface area contributed by atoms with Crippen molar-refractivity contribution in [2.45, 2.75) is 77.5 Å². The Hall–Kier alpha value is -5.01. The smallest absolute Gasteiger partial charge is 0.405 e. The Balaban J connectivity index is 2.22. The van der Waals surface area contributed by atoms with Crippen molar-refractivity contribution in [3.8, 4) is 0 Å². The van der Waals surface area contributed by atoms with Crippen LogP contribution in [0, 0.1) is 11.8 Å². The summed E-state index contributed by atoms with van der Waals surface area (Å²) in [6.45, 7) is 6.89. The molecule has 0 heterocycles. The van der Waals surface area contributed by atoms with Crippen LogP contribution >= 0.6 is 0 Å². The molecule has 14 heteroatoms. The van der Waals surface area contributed by atoms with Gasteiger partial charge in [0.05, 0.1) is 12.5 Å². The molecule has 244 valence electrons. The molecule has 6 amide bonds. The fourth-order valence-electron chi connectivity index (χ4n) is 4.69. The Morgan fingerprint density at radius 2 is 1.40 bits per heavy atom. The Kier molecular flexibility index (Phi) is 13.5. The van der Waals surface area contributed by atoms with Crippen molar-refractivity contribution in [3.05, 3.63) is 48.0 Å². The maximum Gasteiger partial charge on any atom is 0.405 e. The number of nitrogens with two attached hydrogens (primary N) is 2. The van der Waals surface area contributed by atoms with Crippen LogP contribution in [0.25, 0.3) is 10.8 Å². The molecule has 9 N–H and O–H groups in total. The van der Waals surface area contributed by atoms with E-state index in [9.17, 15) is 33.6 Å². The van der Waals surface area contributed by atoms with Gasteiger partial charge in [0, 0.05) is 6.42 Å². The molecule has 5 atom stereocenters. The molecule has 0 fully saturated rings. The molecule has 0 aliphatic carbocycles. The van der Waals surface area contributed by atoms with E-state index in [-0.39, 0.29) is 18.8 Å². The minimum Gasteiger partial charge on any atom is -0.465 e. The van der Waals surface area contributed by atoms with Crippen molar-refractivity contribution >= 4 is 52.2 Å². The van der Waals surface area contributed by atoms with Crippen LogP contribution in [0.2, 0.25) is 0 Å². The monoisotopic (exact) mass is 626 g/mol. The van der Waals surface area contributed by atoms with Gasteiger partial charge in [0.15, 0.2) is 0 Å². The second-order valence-electron chi connectivity index (χ2n) is 11.4. The minimum absolute atomic E-state index is 0.00607. The molecule has 2 aromatic carbocycles. The summed E-state index contributed by atoms with van der Waals surface area (Å²) < 4.78 is 0. The Morgan fingerprint density at radius 1 is 0.778 bits per heavy atom. The van der Waals surface area contributed by atoms with Crippen LogP contribution in [0.3, 0.4) is 0 Å². The van der Waals surface area contributed by atoms with Crippen molar-refractivity contribution in [2.24, 2.45) is 23.3 Å². The van der Waals surface area contributed by atoms with E-state index in [0.29, 0.717) is 12.0 Å². The van der Waals surface area contributed by atoms with Gasteiger partial charge in [-0.15, -0.1) is 0 Å². The number of nitrogens with one attached hydrogen (secondary N) is 4. The summed E-state index contributed by atoms with van der Waals surface area (Å²) in [6.07, 6.45) is -1.65. The Labute approximate surface area is 261 Å². The predicted molar refractivity (Wildman–Crippen MR) is 165 cm³/mol. The number of benzene rings is 2. The van der Waals surface area contributed by atoms with Gasteiger partial charge in [-0.25, -0.2) is 4.79 Å². The van der Waals surface area contributed by atoms with Gasteiger partial charge in [-0.2, -0.15) is 0 Å². The van der Waals surface area contributed by atoms with Crippen LogP contribution in [0.15, 0.2) is 42.5 Å². The van der Waals surface area contributed by atoms with E-state index in [2.05, 4.69) is 21.3 Å². The van der Waals surface area contributed by atoms with Gasteiger partial charge in [0.1, 0.15) is 18.1 Å². The first-order valence-electron chi connectivity index (χ1n) is 14.6. The fourth-order valence-corrected chi connectivity index (χ4v) is 4.69. The molecule has 0 aliphatic heterocycles. The zero-order valence-corrected chi connectivity index (χ0v) is 25.8. The van der Waals surface area contributed by atoms with Crippen molar-refractivity contribution < 1.29 is 38.7 Å². The van der Waals surface area contributed by atoms with E-state index in [1.165, 1.54) is 0 Å². The maximum absolute atomic E-state index is 13.3. The first-order chi connectivity index (χ1) is 21.1. The largest absolute Gasteiger partial charge is 0.465 e. The Morgan fingerprint density at radius 3 is 1.96 bits per heavy atom. The molecule has 5 unspecified atom stereocenters. The van der Waals surface area contributed by atoms with Crippen LogP contribution < -0.4 is 32.7 Å². The quantitative estimate of drug-likeness (QED) is 0.122.